The fourth-order valence-electron chi connectivity index (χ4n) is 3.02. The molecule has 14 nitrogen and oxygen atoms in total. The molecule has 0 aliphatic rings. The van der Waals surface area contributed by atoms with Crippen LogP contribution in [0.2, 0.25) is 0 Å². The molecule has 200 valence electrons. The predicted octanol–water partition coefficient (Wildman–Crippen LogP) is -8.56. The largest absolute Gasteiger partial charge is 1.00 e. The summed E-state index contributed by atoms with van der Waals surface area (Å²) in [4.78, 5) is 56.9. The number of rotatable bonds is 4. The second-order valence-corrected chi connectivity index (χ2v) is 7.20. The van der Waals surface area contributed by atoms with Crippen molar-refractivity contribution in [3.05, 3.63) is 88.5 Å². The van der Waals surface area contributed by atoms with E-state index in [0.717, 1.165) is 22.8 Å². The van der Waals surface area contributed by atoms with Gasteiger partial charge in [0.2, 0.25) is 0 Å². The zero-order valence-corrected chi connectivity index (χ0v) is 21.5. The summed E-state index contributed by atoms with van der Waals surface area (Å²) in [6.45, 7) is 7.41. The van der Waals surface area contributed by atoms with Gasteiger partial charge in [-0.1, -0.05) is 23.2 Å². The summed E-state index contributed by atoms with van der Waals surface area (Å²) in [6, 6.07) is 5.88. The molecule has 0 radical (unpaired) electrons. The molecule has 16 heteroatoms. The minimum atomic E-state index is -0.232. The Labute approximate surface area is 216 Å². The van der Waals surface area contributed by atoms with Crippen molar-refractivity contribution < 1.29 is 45.7 Å². The van der Waals surface area contributed by atoms with Gasteiger partial charge in [0.05, 0.1) is 23.5 Å². The van der Waals surface area contributed by atoms with E-state index >= 15 is 0 Å². The van der Waals surface area contributed by atoms with E-state index in [2.05, 4.69) is 30.1 Å². The standard InChI is InChI=1S/2C10H12N4O2.2ClH.2H2O/c2*1-3-7-5-8(15)12-10(11-7)14-9(16)4-6(2)13-14;;;;/h2*4-5,13H,3H2,1-2H3,(H,11,12,15);2*1H;2*1H2. The smallest absolute Gasteiger partial charge is 0.388 e. The lowest BCUT2D eigenvalue weighted by Gasteiger charge is -1.95. The maximum Gasteiger partial charge on any atom is 0.388 e. The molecule has 4 heterocycles. The molecule has 0 amide bonds. The van der Waals surface area contributed by atoms with Crippen molar-refractivity contribution in [2.24, 2.45) is 0 Å². The Bertz CT molecular complexity index is 1370. The van der Waals surface area contributed by atoms with Gasteiger partial charge in [0.15, 0.2) is 0 Å². The number of hydrogen-bond donors (Lipinski definition) is 4. The van der Waals surface area contributed by atoms with Crippen molar-refractivity contribution in [3.8, 4) is 11.9 Å². The van der Waals surface area contributed by atoms with E-state index in [0.29, 0.717) is 24.7 Å². The Morgan fingerprint density at radius 2 is 1.00 bits per heavy atom. The molecule has 4 aromatic heterocycles. The van der Waals surface area contributed by atoms with E-state index in [9.17, 15) is 19.2 Å². The van der Waals surface area contributed by atoms with Crippen LogP contribution in [0.4, 0.5) is 0 Å². The van der Waals surface area contributed by atoms with Crippen molar-refractivity contribution in [2.45, 2.75) is 40.5 Å². The highest BCUT2D eigenvalue weighted by molar-refractivity contribution is 5.09. The lowest BCUT2D eigenvalue weighted by molar-refractivity contribution is -0.391. The predicted molar refractivity (Wildman–Crippen MR) is 123 cm³/mol. The lowest BCUT2D eigenvalue weighted by atomic mass is 10.3. The van der Waals surface area contributed by atoms with Gasteiger partial charge in [-0.05, 0) is 26.7 Å². The van der Waals surface area contributed by atoms with Gasteiger partial charge in [-0.25, -0.2) is 39.7 Å². The molecule has 0 aliphatic carbocycles. The van der Waals surface area contributed by atoms with Gasteiger partial charge in [-0.15, -0.1) is 0 Å². The molecule has 4 aromatic rings. The van der Waals surface area contributed by atoms with Crippen LogP contribution in [0.5, 0.6) is 0 Å². The molecule has 0 atom stereocenters. The maximum atomic E-state index is 11.5. The molecule has 0 bridgehead atoms. The number of nitrogens with zero attached hydrogens (tertiary/aromatic N) is 2. The molecule has 0 saturated heterocycles. The van der Waals surface area contributed by atoms with Gasteiger partial charge in [-0.3, -0.25) is 9.59 Å². The van der Waals surface area contributed by atoms with Crippen LogP contribution in [0.25, 0.3) is 11.9 Å². The van der Waals surface area contributed by atoms with Gasteiger partial charge in [0, 0.05) is 23.5 Å². The zero-order chi connectivity index (χ0) is 23.4. The van der Waals surface area contributed by atoms with Gasteiger partial charge in [0.25, 0.3) is 0 Å². The Balaban J connectivity index is 0. The summed E-state index contributed by atoms with van der Waals surface area (Å²) < 4.78 is 2.55. The van der Waals surface area contributed by atoms with Crippen LogP contribution >= 0.6 is 0 Å². The number of H-pyrrole nitrogens is 6. The minimum Gasteiger partial charge on any atom is -1.00 e. The highest BCUT2D eigenvalue weighted by atomic mass is 35.5. The Morgan fingerprint density at radius 3 is 1.25 bits per heavy atom. The third kappa shape index (κ3) is 8.20. The van der Waals surface area contributed by atoms with Crippen LogP contribution in [0.3, 0.4) is 0 Å². The Hall–Kier alpha value is -3.72. The third-order valence-electron chi connectivity index (χ3n) is 4.56. The van der Waals surface area contributed by atoms with Gasteiger partial charge in [0.1, 0.15) is 0 Å². The lowest BCUT2D eigenvalue weighted by Crippen LogP contribution is -3.00. The van der Waals surface area contributed by atoms with E-state index in [4.69, 9.17) is 0 Å². The molecule has 36 heavy (non-hydrogen) atoms. The number of hydrogen-bond acceptors (Lipinski definition) is 4. The summed E-state index contributed by atoms with van der Waals surface area (Å²) >= 11 is 0. The highest BCUT2D eigenvalue weighted by Crippen LogP contribution is 1.93. The monoisotopic (exact) mass is 548 g/mol. The number of aromatic amines is 6. The van der Waals surface area contributed by atoms with E-state index in [1.807, 2.05) is 13.8 Å². The summed E-state index contributed by atoms with van der Waals surface area (Å²) in [5, 5.41) is 5.68. The van der Waals surface area contributed by atoms with Gasteiger partial charge < -0.3 is 35.8 Å². The van der Waals surface area contributed by atoms with Crippen LogP contribution < -0.4 is 57.0 Å². The number of aromatic nitrogens is 8. The maximum absolute atomic E-state index is 11.5. The number of halogens is 2. The molecule has 10 N–H and O–H groups in total. The van der Waals surface area contributed by atoms with Gasteiger partial charge >= 0.3 is 34.1 Å². The first-order valence-electron chi connectivity index (χ1n) is 10.1. The summed E-state index contributed by atoms with van der Waals surface area (Å²) in [5.41, 5.74) is 2.14. The number of aryl methyl sites for hydroxylation is 4. The second kappa shape index (κ2) is 14.6. The molecule has 0 spiro atoms. The van der Waals surface area contributed by atoms with E-state index in [1.165, 1.54) is 33.6 Å². The quantitative estimate of drug-likeness (QED) is 0.194. The minimum absolute atomic E-state index is 0. The number of nitrogens with one attached hydrogen (secondary N) is 6. The summed E-state index contributed by atoms with van der Waals surface area (Å²) in [7, 11) is 0. The van der Waals surface area contributed by atoms with E-state index in [-0.39, 0.29) is 58.0 Å². The van der Waals surface area contributed by atoms with Crippen LogP contribution in [-0.4, -0.2) is 40.5 Å². The fraction of sp³-hybridized carbons (Fsp3) is 0.300. The normalized spacial score (nSPS) is 9.44. The average Bonchev–Trinajstić information content (AvgIpc) is 3.27. The zero-order valence-electron chi connectivity index (χ0n) is 20.0. The fourth-order valence-corrected chi connectivity index (χ4v) is 3.02. The summed E-state index contributed by atoms with van der Waals surface area (Å²) in [5.74, 6) is 0.699. The molecular weight excluding hydrogens is 519 g/mol. The molecule has 4 rings (SSSR count). The van der Waals surface area contributed by atoms with E-state index < -0.39 is 0 Å². The van der Waals surface area contributed by atoms with Crippen molar-refractivity contribution in [1.82, 2.24) is 29.5 Å². The van der Waals surface area contributed by atoms with Crippen molar-refractivity contribution in [3.63, 3.8) is 0 Å². The average molecular weight is 549 g/mol. The summed E-state index contributed by atoms with van der Waals surface area (Å²) in [6.07, 6.45) is 1.40. The topological polar surface area (TPSA) is 233 Å². The van der Waals surface area contributed by atoms with Crippen LogP contribution in [0.1, 0.15) is 36.6 Å². The molecule has 0 fully saturated rings. The van der Waals surface area contributed by atoms with Crippen LogP contribution in [0.15, 0.2) is 43.4 Å². The second-order valence-electron chi connectivity index (χ2n) is 7.20. The van der Waals surface area contributed by atoms with Crippen molar-refractivity contribution >= 4 is 0 Å². The SMILES string of the molecule is CCc1cc(=O)[nH]c(-n2[nH]c(C)cc2=O)[nH+]1.CCc1cc(=O)[nH]c(-n2[nH]c(C)cc2=O)[nH+]1.O.O.[Cl-].[Cl-]. The first-order chi connectivity index (χ1) is 15.2. The third-order valence-corrected chi connectivity index (χ3v) is 4.56. The molecule has 0 aromatic carbocycles. The first kappa shape index (κ1) is 34.4. The van der Waals surface area contributed by atoms with Crippen LogP contribution in [-0.2, 0) is 12.8 Å². The highest BCUT2D eigenvalue weighted by Gasteiger charge is 2.14. The molecule has 0 aliphatic heterocycles. The Morgan fingerprint density at radius 1 is 0.667 bits per heavy atom. The van der Waals surface area contributed by atoms with Crippen LogP contribution in [0, 0.1) is 13.8 Å². The first-order valence-corrected chi connectivity index (χ1v) is 10.1. The van der Waals surface area contributed by atoms with Gasteiger partial charge in [-0.2, -0.15) is 0 Å². The molecule has 0 saturated carbocycles. The van der Waals surface area contributed by atoms with E-state index in [1.54, 1.807) is 13.8 Å². The van der Waals surface area contributed by atoms with Crippen molar-refractivity contribution in [1.29, 1.82) is 0 Å². The Kier molecular flexibility index (Phi) is 14.0. The molecule has 0 unspecified atom stereocenters. The molecular formula is C20H30Cl2N8O6. The van der Waals surface area contributed by atoms with Crippen molar-refractivity contribution in [2.75, 3.05) is 0 Å².